The minimum absolute atomic E-state index is 0.0436. The second-order valence-corrected chi connectivity index (χ2v) is 13.4. The number of ether oxygens (including phenoxy) is 1. The number of rotatable bonds is 7. The molecule has 1 aliphatic carbocycles. The van der Waals surface area contributed by atoms with Crippen LogP contribution in [0.15, 0.2) is 56.2 Å². The maximum absolute atomic E-state index is 14.4. The number of amides is 1. The lowest BCUT2D eigenvalue weighted by Gasteiger charge is -2.46. The summed E-state index contributed by atoms with van der Waals surface area (Å²) in [5.41, 5.74) is 4.28. The van der Waals surface area contributed by atoms with E-state index in [1.165, 1.54) is 16.7 Å². The quantitative estimate of drug-likeness (QED) is 0.210. The highest BCUT2D eigenvalue weighted by atomic mass is 19.1. The van der Waals surface area contributed by atoms with Crippen molar-refractivity contribution in [1.29, 1.82) is 5.26 Å². The molecular formula is C37H35FN6O5. The summed E-state index contributed by atoms with van der Waals surface area (Å²) in [6, 6.07) is 11.4. The molecule has 0 spiro atoms. The number of nitrogens with one attached hydrogen (secondary N) is 2. The first-order chi connectivity index (χ1) is 23.8. The van der Waals surface area contributed by atoms with Crippen molar-refractivity contribution >= 4 is 22.8 Å². The zero-order valence-corrected chi connectivity index (χ0v) is 27.1. The Morgan fingerprint density at radius 3 is 2.63 bits per heavy atom. The summed E-state index contributed by atoms with van der Waals surface area (Å²) in [6.45, 7) is 3.73. The first-order valence-corrected chi connectivity index (χ1v) is 16.8. The number of nitriles is 1. The fraction of sp³-hybridized carbons (Fsp3) is 0.378. The van der Waals surface area contributed by atoms with Crippen molar-refractivity contribution in [2.45, 2.75) is 64.5 Å². The van der Waals surface area contributed by atoms with E-state index in [1.807, 2.05) is 19.1 Å². The number of hydrogen-bond donors (Lipinski definition) is 2. The van der Waals surface area contributed by atoms with Crippen LogP contribution in [0.2, 0.25) is 0 Å². The molecule has 9 rings (SSSR count). The lowest BCUT2D eigenvalue weighted by Crippen LogP contribution is -2.42. The van der Waals surface area contributed by atoms with Gasteiger partial charge in [0.1, 0.15) is 23.5 Å². The highest BCUT2D eigenvalue weighted by Gasteiger charge is 2.41. The van der Waals surface area contributed by atoms with Gasteiger partial charge in [-0.25, -0.2) is 19.2 Å². The Bertz CT molecular complexity index is 2190. The number of carbonyl (C=O) groups is 1. The number of fused-ring (bicyclic) bond motifs is 5. The van der Waals surface area contributed by atoms with E-state index in [-0.39, 0.29) is 23.4 Å². The highest BCUT2D eigenvalue weighted by molar-refractivity contribution is 6.09. The van der Waals surface area contributed by atoms with Crippen molar-refractivity contribution in [2.24, 2.45) is 5.41 Å². The number of anilines is 1. The van der Waals surface area contributed by atoms with Gasteiger partial charge in [0.25, 0.3) is 5.91 Å². The zero-order chi connectivity index (χ0) is 33.7. The fourth-order valence-corrected chi connectivity index (χ4v) is 7.56. The maximum atomic E-state index is 14.4. The molecule has 0 radical (unpaired) electrons. The van der Waals surface area contributed by atoms with Crippen molar-refractivity contribution in [2.75, 3.05) is 25.0 Å². The molecule has 3 fully saturated rings. The molecule has 250 valence electrons. The van der Waals surface area contributed by atoms with E-state index in [1.54, 1.807) is 24.4 Å². The molecule has 11 nitrogen and oxygen atoms in total. The van der Waals surface area contributed by atoms with Crippen molar-refractivity contribution in [3.8, 4) is 28.7 Å². The number of nitrogens with zero attached hydrogens (tertiary/aromatic N) is 4. The lowest BCUT2D eigenvalue weighted by molar-refractivity contribution is -0.117. The Labute approximate surface area is 281 Å². The summed E-state index contributed by atoms with van der Waals surface area (Å²) >= 11 is 0. The predicted molar refractivity (Wildman–Crippen MR) is 179 cm³/mol. The standard InChI is InChI=1S/C37H35FN6O5/c1-21-18-42-35(48-21)31-27(9-12-37-10-7-25(8-11-37)47-20-37)43-33-32(34(45)41-14-2-13-40-33)30(31)23-5-6-28-29(16-23)49-36(46)44(28)19-22-3-4-24(17-39)26(38)15-22/h3-6,15-16,18,25H,2,7-14,19-20H2,1H3,(H,40,43)(H,41,45). The van der Waals surface area contributed by atoms with Crippen molar-refractivity contribution < 1.29 is 22.8 Å². The topological polar surface area (TPSA) is 148 Å². The molecule has 0 atom stereocenters. The normalized spacial score (nSPS) is 20.3. The molecule has 2 bridgehead atoms. The Morgan fingerprint density at radius 2 is 1.90 bits per heavy atom. The molecule has 2 saturated heterocycles. The van der Waals surface area contributed by atoms with Crippen molar-refractivity contribution in [3.05, 3.63) is 87.1 Å². The van der Waals surface area contributed by atoms with Crippen LogP contribution in [0.3, 0.4) is 0 Å². The molecule has 49 heavy (non-hydrogen) atoms. The number of oxazole rings is 2. The van der Waals surface area contributed by atoms with Gasteiger partial charge in [-0.05, 0) is 92.7 Å². The van der Waals surface area contributed by atoms with Crippen LogP contribution in [0.4, 0.5) is 10.2 Å². The number of benzene rings is 2. The van der Waals surface area contributed by atoms with E-state index in [2.05, 4.69) is 15.6 Å². The minimum atomic E-state index is -0.655. The largest absolute Gasteiger partial charge is 0.441 e. The third-order valence-corrected chi connectivity index (χ3v) is 10.2. The van der Waals surface area contributed by atoms with Crippen LogP contribution < -0.4 is 16.4 Å². The van der Waals surface area contributed by atoms with Crippen LogP contribution >= 0.6 is 0 Å². The molecule has 4 aliphatic rings. The molecule has 0 unspecified atom stereocenters. The summed E-state index contributed by atoms with van der Waals surface area (Å²) < 4.78 is 33.8. The van der Waals surface area contributed by atoms with Crippen LogP contribution in [0.5, 0.6) is 0 Å². The molecule has 1 saturated carbocycles. The van der Waals surface area contributed by atoms with Crippen molar-refractivity contribution in [1.82, 2.24) is 19.9 Å². The summed E-state index contributed by atoms with van der Waals surface area (Å²) in [5.74, 6) is -0.0863. The lowest BCUT2D eigenvalue weighted by atomic mass is 9.68. The smallest absolute Gasteiger partial charge is 0.420 e. The van der Waals surface area contributed by atoms with Crippen LogP contribution in [0.25, 0.3) is 33.7 Å². The number of halogens is 1. The molecule has 3 aliphatic heterocycles. The Balaban J connectivity index is 1.28. The van der Waals surface area contributed by atoms with Gasteiger partial charge in [-0.2, -0.15) is 5.26 Å². The molecule has 5 aromatic rings. The Morgan fingerprint density at radius 1 is 1.06 bits per heavy atom. The van der Waals surface area contributed by atoms with E-state index in [9.17, 15) is 14.0 Å². The molecule has 6 heterocycles. The number of aryl methyl sites for hydroxylation is 2. The minimum Gasteiger partial charge on any atom is -0.441 e. The number of hydrogen-bond acceptors (Lipinski definition) is 9. The van der Waals surface area contributed by atoms with Gasteiger partial charge < -0.3 is 24.2 Å². The molecule has 2 N–H and O–H groups in total. The summed E-state index contributed by atoms with van der Waals surface area (Å²) in [7, 11) is 0. The van der Waals surface area contributed by atoms with Gasteiger partial charge in [-0.15, -0.1) is 0 Å². The van der Waals surface area contributed by atoms with Crippen molar-refractivity contribution in [3.63, 3.8) is 0 Å². The summed E-state index contributed by atoms with van der Waals surface area (Å²) in [4.78, 5) is 36.7. The van der Waals surface area contributed by atoms with Crippen LogP contribution in [-0.2, 0) is 17.7 Å². The summed E-state index contributed by atoms with van der Waals surface area (Å²) in [5, 5.41) is 15.6. The monoisotopic (exact) mass is 662 g/mol. The maximum Gasteiger partial charge on any atom is 0.420 e. The van der Waals surface area contributed by atoms with Gasteiger partial charge >= 0.3 is 5.76 Å². The number of pyridine rings is 1. The van der Waals surface area contributed by atoms with Crippen LogP contribution in [-0.4, -0.2) is 46.2 Å². The zero-order valence-electron chi connectivity index (χ0n) is 27.1. The first-order valence-electron chi connectivity index (χ1n) is 16.8. The number of carbonyl (C=O) groups excluding carboxylic acids is 1. The molecule has 2 aromatic carbocycles. The van der Waals surface area contributed by atoms with Crippen LogP contribution in [0.1, 0.15) is 71.5 Å². The third-order valence-electron chi connectivity index (χ3n) is 10.2. The van der Waals surface area contributed by atoms with Gasteiger partial charge in [0.2, 0.25) is 5.89 Å². The van der Waals surface area contributed by atoms with Gasteiger partial charge in [-0.3, -0.25) is 9.36 Å². The second kappa shape index (κ2) is 12.3. The van der Waals surface area contributed by atoms with Crippen LogP contribution in [0, 0.1) is 29.5 Å². The average Bonchev–Trinajstić information content (AvgIpc) is 3.67. The van der Waals surface area contributed by atoms with E-state index >= 15 is 0 Å². The Hall–Kier alpha value is -5.28. The van der Waals surface area contributed by atoms with E-state index < -0.39 is 11.6 Å². The predicted octanol–water partition coefficient (Wildman–Crippen LogP) is 6.12. The van der Waals surface area contributed by atoms with E-state index in [4.69, 9.17) is 23.8 Å². The van der Waals surface area contributed by atoms with E-state index in [0.717, 1.165) is 50.8 Å². The molecule has 12 heteroatoms. The van der Waals surface area contributed by atoms with Gasteiger partial charge in [0, 0.05) is 18.7 Å². The SMILES string of the molecule is Cc1cnc(-c2c(CCC34CCC(CC3)OC4)nc3c(c2-c2ccc4c(c2)oc(=O)n4Cc2ccc(C#N)c(F)c2)C(=O)NCCCN3)o1. The highest BCUT2D eigenvalue weighted by Crippen LogP contribution is 2.47. The third kappa shape index (κ3) is 5.68. The number of aromatic nitrogens is 3. The Kier molecular flexibility index (Phi) is 7.79. The van der Waals surface area contributed by atoms with E-state index in [0.29, 0.717) is 82.0 Å². The summed E-state index contributed by atoms with van der Waals surface area (Å²) in [6.07, 6.45) is 8.64. The second-order valence-electron chi connectivity index (χ2n) is 13.4. The average molecular weight is 663 g/mol. The van der Waals surface area contributed by atoms with Gasteiger partial charge in [0.05, 0.1) is 53.4 Å². The molecule has 3 aromatic heterocycles. The van der Waals surface area contributed by atoms with Gasteiger partial charge in [-0.1, -0.05) is 12.1 Å². The fourth-order valence-electron chi connectivity index (χ4n) is 7.56. The first kappa shape index (κ1) is 31.0. The molecular weight excluding hydrogens is 627 g/mol. The molecule has 1 amide bonds. The van der Waals surface area contributed by atoms with Gasteiger partial charge in [0.15, 0.2) is 5.58 Å².